The Hall–Kier alpha value is -10.7. The van der Waals surface area contributed by atoms with Crippen LogP contribution in [0.25, 0.3) is 111 Å². The molecule has 10 saturated carbocycles. The average molecular weight is 1800 g/mol. The molecular weight excluding hydrogens is 1670 g/mol. The molecule has 2 unspecified atom stereocenters. The largest absolute Gasteiger partial charge is 0.388 e. The van der Waals surface area contributed by atoms with E-state index >= 15 is 0 Å². The number of benzene rings is 5. The number of aromatic amines is 5. The smallest absolute Gasteiger partial charge is 0.141 e. The fourth-order valence-corrected chi connectivity index (χ4v) is 23.4. The first-order chi connectivity index (χ1) is 64.3. The summed E-state index contributed by atoms with van der Waals surface area (Å²) >= 11 is 0. The van der Waals surface area contributed by atoms with Gasteiger partial charge in [0.1, 0.15) is 57.9 Å². The van der Waals surface area contributed by atoms with Crippen LogP contribution in [0.3, 0.4) is 0 Å². The molecule has 10 heterocycles. The van der Waals surface area contributed by atoms with Gasteiger partial charge in [-0.05, 0) is 322 Å². The third-order valence-corrected chi connectivity index (χ3v) is 31.4. The molecule has 133 heavy (non-hydrogen) atoms. The van der Waals surface area contributed by atoms with Gasteiger partial charge < -0.3 is 73.1 Å². The Morgan fingerprint density at radius 1 is 0.286 bits per heavy atom. The number of imidazole rings is 5. The Morgan fingerprint density at radius 2 is 0.504 bits per heavy atom. The zero-order valence-electron chi connectivity index (χ0n) is 79.4. The lowest BCUT2D eigenvalue weighted by Crippen LogP contribution is -2.41. The number of rotatable bonds is 21. The van der Waals surface area contributed by atoms with E-state index in [4.69, 9.17) is 47.5 Å². The SMILES string of the molecule is Cc1noc(C)c1-c1cc(C(O)(C2CCCC2)C2CCCC2)c2nc(C3CC3)[nH]c2c1.Cc1noc(C)c1-c1cc(C(O)C(C)C)c2nc(C3CC3)[nH]c2c1.Cc1noc(C)c1-c1cc(C(O)C2CCCC2)c2nc(C3CC3)[nH]c2c1.Cc1noc(C)c1-c1cc([C@@H](O)C2CCCC2)c2nc(C3CC3)[nH]c2c1.Cc1noc(C)c1-c1cc([C@H](O)C2CCCC2)c2nc(C3CC3)[nH]c2c1. The number of nitrogens with one attached hydrogen (secondary N) is 5. The number of hydrogen-bond donors (Lipinski definition) is 10. The minimum atomic E-state index is -0.809. The predicted molar refractivity (Wildman–Crippen MR) is 514 cm³/mol. The van der Waals surface area contributed by atoms with Gasteiger partial charge >= 0.3 is 0 Å². The molecular formula is C108H131N15O10. The van der Waals surface area contributed by atoms with Crippen LogP contribution < -0.4 is 0 Å². The van der Waals surface area contributed by atoms with Crippen LogP contribution in [0.4, 0.5) is 0 Å². The zero-order valence-corrected chi connectivity index (χ0v) is 79.4. The molecule has 10 fully saturated rings. The summed E-state index contributed by atoms with van der Waals surface area (Å²) in [7, 11) is 0. The first-order valence-corrected chi connectivity index (χ1v) is 50.1. The van der Waals surface area contributed by atoms with Gasteiger partial charge in [-0.1, -0.05) is 104 Å². The summed E-state index contributed by atoms with van der Waals surface area (Å²) in [5, 5.41) is 77.4. The Bertz CT molecular complexity index is 6270. The summed E-state index contributed by atoms with van der Waals surface area (Å²) in [6.07, 6.45) is 33.3. The topological polar surface area (TPSA) is 375 Å². The number of aliphatic hydroxyl groups is 5. The van der Waals surface area contributed by atoms with E-state index in [2.05, 4.69) is 105 Å². The summed E-state index contributed by atoms with van der Waals surface area (Å²) in [6, 6.07) is 21.3. The number of hydrogen-bond acceptors (Lipinski definition) is 20. The minimum absolute atomic E-state index is 0.120. The van der Waals surface area contributed by atoms with Gasteiger partial charge in [0.25, 0.3) is 0 Å². The van der Waals surface area contributed by atoms with Crippen molar-refractivity contribution in [3.05, 3.63) is 175 Å². The minimum Gasteiger partial charge on any atom is -0.388 e. The van der Waals surface area contributed by atoms with Crippen molar-refractivity contribution in [3.8, 4) is 55.6 Å². The van der Waals surface area contributed by atoms with Gasteiger partial charge in [0.05, 0.1) is 114 Å². The van der Waals surface area contributed by atoms with Gasteiger partial charge in [0.15, 0.2) is 0 Å². The van der Waals surface area contributed by atoms with Crippen LogP contribution in [0.2, 0.25) is 0 Å². The molecule has 0 amide bonds. The summed E-state index contributed by atoms with van der Waals surface area (Å²) in [5.74, 6) is 13.9. The van der Waals surface area contributed by atoms with E-state index in [1.807, 2.05) is 89.2 Å². The molecule has 10 aliphatic carbocycles. The molecule has 5 aromatic carbocycles. The molecule has 0 aliphatic heterocycles. The third kappa shape index (κ3) is 17.5. The van der Waals surface area contributed by atoms with Gasteiger partial charge in [-0.15, -0.1) is 0 Å². The van der Waals surface area contributed by atoms with Crippen molar-refractivity contribution in [2.24, 2.45) is 35.5 Å². The maximum Gasteiger partial charge on any atom is 0.141 e. The fraction of sp³-hybridized carbons (Fsp3) is 0.537. The van der Waals surface area contributed by atoms with E-state index < -0.39 is 30.0 Å². The second kappa shape index (κ2) is 36.2. The summed E-state index contributed by atoms with van der Waals surface area (Å²) < 4.78 is 27.0. The van der Waals surface area contributed by atoms with Crippen LogP contribution in [0.1, 0.15) is 375 Å². The molecule has 10 aromatic heterocycles. The highest BCUT2D eigenvalue weighted by Crippen LogP contribution is 2.55. The van der Waals surface area contributed by atoms with Crippen LogP contribution in [0, 0.1) is 105 Å². The summed E-state index contributed by atoms with van der Waals surface area (Å²) in [4.78, 5) is 42.1. The van der Waals surface area contributed by atoms with Gasteiger partial charge in [-0.3, -0.25) is 0 Å². The third-order valence-electron chi connectivity index (χ3n) is 31.4. The molecule has 0 saturated heterocycles. The number of H-pyrrole nitrogens is 5. The Kier molecular flexibility index (Phi) is 24.2. The quantitative estimate of drug-likeness (QED) is 0.0319. The van der Waals surface area contributed by atoms with Gasteiger partial charge in [-0.2, -0.15) is 0 Å². The van der Waals surface area contributed by atoms with Crippen molar-refractivity contribution in [3.63, 3.8) is 0 Å². The Balaban J connectivity index is 0.000000100. The van der Waals surface area contributed by atoms with E-state index in [0.29, 0.717) is 59.2 Å². The highest BCUT2D eigenvalue weighted by Gasteiger charge is 2.49. The van der Waals surface area contributed by atoms with Gasteiger partial charge in [0, 0.05) is 85.2 Å². The van der Waals surface area contributed by atoms with E-state index in [9.17, 15) is 25.5 Å². The monoisotopic (exact) mass is 1800 g/mol. The van der Waals surface area contributed by atoms with Crippen molar-refractivity contribution < 1.29 is 48.1 Å². The number of aromatic nitrogens is 15. The average Bonchev–Trinajstić information content (AvgIpc) is 1.64. The maximum atomic E-state index is 12.6. The molecule has 0 radical (unpaired) electrons. The van der Waals surface area contributed by atoms with Gasteiger partial charge in [-0.25, -0.2) is 24.9 Å². The fourth-order valence-electron chi connectivity index (χ4n) is 23.4. The van der Waals surface area contributed by atoms with Crippen LogP contribution in [-0.4, -0.2) is 101 Å². The van der Waals surface area contributed by atoms with E-state index in [1.54, 1.807) is 0 Å². The molecule has 25 heteroatoms. The normalized spacial score (nSPS) is 19.3. The van der Waals surface area contributed by atoms with Crippen molar-refractivity contribution in [2.45, 2.75) is 335 Å². The van der Waals surface area contributed by atoms with Crippen LogP contribution in [0.15, 0.2) is 83.3 Å². The molecule has 4 atom stereocenters. The lowest BCUT2D eigenvalue weighted by atomic mass is 9.70. The highest BCUT2D eigenvalue weighted by atomic mass is 16.5. The lowest BCUT2D eigenvalue weighted by Gasteiger charge is -2.40. The van der Waals surface area contributed by atoms with Gasteiger partial charge in [0.2, 0.25) is 0 Å². The molecule has 25 nitrogen and oxygen atoms in total. The van der Waals surface area contributed by atoms with E-state index in [0.717, 1.165) is 289 Å². The number of aliphatic hydroxyl groups excluding tert-OH is 4. The first kappa shape index (κ1) is 88.9. The van der Waals surface area contributed by atoms with Crippen LogP contribution in [-0.2, 0) is 5.60 Å². The van der Waals surface area contributed by atoms with Crippen molar-refractivity contribution >= 4 is 55.2 Å². The maximum absolute atomic E-state index is 12.6. The molecule has 10 N–H and O–H groups in total. The zero-order chi connectivity index (χ0) is 91.7. The molecule has 15 aromatic rings. The summed E-state index contributed by atoms with van der Waals surface area (Å²) in [5.41, 5.74) is 28.4. The molecule has 698 valence electrons. The number of aryl methyl sites for hydroxylation is 10. The van der Waals surface area contributed by atoms with E-state index in [1.165, 1.54) is 128 Å². The first-order valence-electron chi connectivity index (χ1n) is 50.1. The second-order valence-corrected chi connectivity index (χ2v) is 41.7. The summed E-state index contributed by atoms with van der Waals surface area (Å²) in [6.45, 7) is 23.6. The van der Waals surface area contributed by atoms with Crippen molar-refractivity contribution in [2.75, 3.05) is 0 Å². The van der Waals surface area contributed by atoms with Crippen molar-refractivity contribution in [1.82, 2.24) is 75.6 Å². The molecule has 25 rings (SSSR count). The molecule has 10 aliphatic rings. The van der Waals surface area contributed by atoms with Crippen LogP contribution in [0.5, 0.6) is 0 Å². The standard InChI is InChI=1S/C26H33N3O2.3C21H25N3O2.C19H23N3O2/c1-15-23(16(2)31-29-15)18-13-21(24-22(14-18)27-25(28-24)17-11-12-17)26(30,19-7-3-4-8-19)20-9-5-6-10-20;3*1-11-18(12(2)26-24-11)15-9-16(20(25)13-5-3-4-6-13)19-17(10-15)22-21(23-19)14-7-8-14;1-9(2)18(23)14-7-13(16-10(3)22-24-11(16)4)8-15-17(14)21-19(20-15)12-5-6-12/h13-14,17,19-20,30H,3-12H2,1-2H3,(H,27,28);3*9-10,13-14,20,25H,3-8H2,1-2H3,(H,22,23);7-9,12,18,23H,5-6H2,1-4H3,(H,20,21)/t;2*20-;;/m.10../s1. The Labute approximate surface area is 775 Å². The molecule has 0 spiro atoms. The molecule has 0 bridgehead atoms. The Morgan fingerprint density at radius 3 is 0.737 bits per heavy atom. The van der Waals surface area contributed by atoms with E-state index in [-0.39, 0.29) is 5.92 Å². The van der Waals surface area contributed by atoms with Crippen molar-refractivity contribution in [1.29, 1.82) is 0 Å². The number of fused-ring (bicyclic) bond motifs is 5. The highest BCUT2D eigenvalue weighted by molar-refractivity contribution is 5.92. The second-order valence-electron chi connectivity index (χ2n) is 41.7. The predicted octanol–water partition coefficient (Wildman–Crippen LogP) is 25.5. The lowest BCUT2D eigenvalue weighted by molar-refractivity contribution is -0.0722. The number of nitrogens with zero attached hydrogens (tertiary/aromatic N) is 10. The van der Waals surface area contributed by atoms with Crippen LogP contribution >= 0.6 is 0 Å².